The van der Waals surface area contributed by atoms with Crippen LogP contribution in [0.25, 0.3) is 10.9 Å². The van der Waals surface area contributed by atoms with Crippen LogP contribution >= 0.6 is 0 Å². The van der Waals surface area contributed by atoms with Crippen LogP contribution in [0.2, 0.25) is 0 Å². The topological polar surface area (TPSA) is 48.6 Å². The molecule has 2 aromatic carbocycles. The number of nitrogens with zero attached hydrogens (tertiary/aromatic N) is 2. The predicted octanol–water partition coefficient (Wildman–Crippen LogP) is 4.24. The Bertz CT molecular complexity index is 1010. The Kier molecular flexibility index (Phi) is 6.33. The van der Waals surface area contributed by atoms with Gasteiger partial charge in [0, 0.05) is 43.3 Å². The first-order chi connectivity index (χ1) is 14.7. The lowest BCUT2D eigenvalue weighted by Gasteiger charge is -2.36. The van der Waals surface area contributed by atoms with Crippen LogP contribution in [0.15, 0.2) is 48.7 Å². The third-order valence-corrected chi connectivity index (χ3v) is 5.92. The second-order valence-electron chi connectivity index (χ2n) is 7.80. The smallest absolute Gasteiger partial charge is 0.337 e. The Hall–Kier alpha value is -2.86. The SMILES string of the molecule is COC(=O)c1ccc2[nH]cc(CCCCN3CCN(c4ccccc4F)CC3)c2c1. The van der Waals surface area contributed by atoms with Crippen LogP contribution in [0.5, 0.6) is 0 Å². The first-order valence-corrected chi connectivity index (χ1v) is 10.6. The maximum absolute atomic E-state index is 14.0. The summed E-state index contributed by atoms with van der Waals surface area (Å²) in [5, 5.41) is 1.09. The lowest BCUT2D eigenvalue weighted by Crippen LogP contribution is -2.46. The highest BCUT2D eigenvalue weighted by molar-refractivity contribution is 5.95. The maximum Gasteiger partial charge on any atom is 0.337 e. The number of aryl methyl sites for hydroxylation is 1. The largest absolute Gasteiger partial charge is 0.465 e. The van der Waals surface area contributed by atoms with Gasteiger partial charge in [-0.3, -0.25) is 4.90 Å². The zero-order valence-corrected chi connectivity index (χ0v) is 17.4. The third kappa shape index (κ3) is 4.49. The van der Waals surface area contributed by atoms with Gasteiger partial charge in [0.05, 0.1) is 18.4 Å². The van der Waals surface area contributed by atoms with Crippen LogP contribution in [-0.4, -0.2) is 55.7 Å². The van der Waals surface area contributed by atoms with Crippen molar-refractivity contribution in [2.24, 2.45) is 0 Å². The van der Waals surface area contributed by atoms with E-state index < -0.39 is 0 Å². The van der Waals surface area contributed by atoms with Gasteiger partial charge in [-0.25, -0.2) is 9.18 Å². The number of methoxy groups -OCH3 is 1. The van der Waals surface area contributed by atoms with Crippen molar-refractivity contribution in [3.05, 3.63) is 65.6 Å². The average Bonchev–Trinajstić information content (AvgIpc) is 3.19. The van der Waals surface area contributed by atoms with Gasteiger partial charge in [0.25, 0.3) is 0 Å². The minimum Gasteiger partial charge on any atom is -0.465 e. The molecule has 30 heavy (non-hydrogen) atoms. The summed E-state index contributed by atoms with van der Waals surface area (Å²) < 4.78 is 18.8. The fourth-order valence-electron chi connectivity index (χ4n) is 4.20. The molecule has 1 aliphatic rings. The van der Waals surface area contributed by atoms with Crippen LogP contribution in [0.3, 0.4) is 0 Å². The van der Waals surface area contributed by atoms with Crippen LogP contribution in [0, 0.1) is 5.82 Å². The summed E-state index contributed by atoms with van der Waals surface area (Å²) in [5.74, 6) is -0.446. The Morgan fingerprint density at radius 2 is 1.90 bits per heavy atom. The Morgan fingerprint density at radius 3 is 2.67 bits per heavy atom. The molecule has 158 valence electrons. The molecule has 1 aliphatic heterocycles. The van der Waals surface area contributed by atoms with Crippen molar-refractivity contribution in [1.29, 1.82) is 0 Å². The van der Waals surface area contributed by atoms with Crippen molar-refractivity contribution in [3.8, 4) is 0 Å². The van der Waals surface area contributed by atoms with Crippen LogP contribution < -0.4 is 4.90 Å². The zero-order valence-electron chi connectivity index (χ0n) is 17.4. The summed E-state index contributed by atoms with van der Waals surface area (Å²) in [4.78, 5) is 19.7. The number of fused-ring (bicyclic) bond motifs is 1. The molecule has 0 radical (unpaired) electrons. The van der Waals surface area contributed by atoms with E-state index in [-0.39, 0.29) is 11.8 Å². The normalized spacial score (nSPS) is 14.9. The number of esters is 1. The molecule has 6 heteroatoms. The Labute approximate surface area is 176 Å². The number of unbranched alkanes of at least 4 members (excludes halogenated alkanes) is 1. The summed E-state index contributed by atoms with van der Waals surface area (Å²) in [7, 11) is 1.40. The number of rotatable bonds is 7. The van der Waals surface area contributed by atoms with Gasteiger partial charge >= 0.3 is 5.97 Å². The molecule has 1 saturated heterocycles. The highest BCUT2D eigenvalue weighted by Crippen LogP contribution is 2.23. The molecule has 5 nitrogen and oxygen atoms in total. The second-order valence-corrected chi connectivity index (χ2v) is 7.80. The van der Waals surface area contributed by atoms with E-state index in [9.17, 15) is 9.18 Å². The average molecular weight is 410 g/mol. The number of carbonyl (C=O) groups is 1. The number of ether oxygens (including phenoxy) is 1. The minimum absolute atomic E-state index is 0.139. The number of H-pyrrole nitrogens is 1. The molecule has 1 N–H and O–H groups in total. The number of benzene rings is 2. The maximum atomic E-state index is 14.0. The number of aromatic amines is 1. The van der Waals surface area contributed by atoms with Gasteiger partial charge < -0.3 is 14.6 Å². The highest BCUT2D eigenvalue weighted by atomic mass is 19.1. The summed E-state index contributed by atoms with van der Waals surface area (Å²) in [6.45, 7) is 4.70. The summed E-state index contributed by atoms with van der Waals surface area (Å²) >= 11 is 0. The molecule has 0 bridgehead atoms. The van der Waals surface area contributed by atoms with E-state index in [1.807, 2.05) is 30.5 Å². The van der Waals surface area contributed by atoms with Gasteiger partial charge in [0.1, 0.15) is 5.82 Å². The molecule has 0 aliphatic carbocycles. The lowest BCUT2D eigenvalue weighted by molar-refractivity contribution is 0.0601. The van der Waals surface area contributed by atoms with Gasteiger partial charge in [-0.05, 0) is 61.7 Å². The predicted molar refractivity (Wildman–Crippen MR) is 118 cm³/mol. The van der Waals surface area contributed by atoms with Crippen molar-refractivity contribution in [2.45, 2.75) is 19.3 Å². The number of aromatic nitrogens is 1. The number of para-hydroxylation sites is 1. The van der Waals surface area contributed by atoms with Crippen molar-refractivity contribution in [3.63, 3.8) is 0 Å². The molecule has 4 rings (SSSR count). The molecule has 1 aromatic heterocycles. The minimum atomic E-state index is -0.307. The van der Waals surface area contributed by atoms with Gasteiger partial charge in [0.2, 0.25) is 0 Å². The van der Waals surface area contributed by atoms with E-state index >= 15 is 0 Å². The Balaban J connectivity index is 1.25. The van der Waals surface area contributed by atoms with E-state index in [1.165, 1.54) is 18.7 Å². The number of halogens is 1. The summed E-state index contributed by atoms with van der Waals surface area (Å²) in [5.41, 5.74) is 3.57. The van der Waals surface area contributed by atoms with E-state index in [1.54, 1.807) is 12.1 Å². The first kappa shape index (κ1) is 20.4. The fraction of sp³-hybridized carbons (Fsp3) is 0.375. The van der Waals surface area contributed by atoms with E-state index in [4.69, 9.17) is 4.74 Å². The van der Waals surface area contributed by atoms with Crippen LogP contribution in [0.1, 0.15) is 28.8 Å². The summed E-state index contributed by atoms with van der Waals surface area (Å²) in [6, 6.07) is 12.6. The standard InChI is InChI=1S/C24H28FN3O2/c1-30-24(29)18-9-10-22-20(16-18)19(17-26-22)6-4-5-11-27-12-14-28(15-13-27)23-8-3-2-7-21(23)25/h2-3,7-10,16-17,26H,4-6,11-15H2,1H3. The number of piperazine rings is 1. The molecule has 2 heterocycles. The number of hydrogen-bond donors (Lipinski definition) is 1. The van der Waals surface area contributed by atoms with Gasteiger partial charge in [0.15, 0.2) is 0 Å². The molecule has 1 fully saturated rings. The molecular weight excluding hydrogens is 381 g/mol. The third-order valence-electron chi connectivity index (χ3n) is 5.92. The summed E-state index contributed by atoms with van der Waals surface area (Å²) in [6.07, 6.45) is 5.21. The molecule has 0 spiro atoms. The van der Waals surface area contributed by atoms with E-state index in [0.717, 1.165) is 62.9 Å². The highest BCUT2D eigenvalue weighted by Gasteiger charge is 2.19. The molecule has 0 unspecified atom stereocenters. The number of nitrogens with one attached hydrogen (secondary N) is 1. The number of carbonyl (C=O) groups excluding carboxylic acids is 1. The monoisotopic (exact) mass is 409 g/mol. The van der Waals surface area contributed by atoms with E-state index in [2.05, 4.69) is 14.8 Å². The molecule has 3 aromatic rings. The fourth-order valence-corrected chi connectivity index (χ4v) is 4.20. The van der Waals surface area contributed by atoms with Gasteiger partial charge in [-0.1, -0.05) is 12.1 Å². The van der Waals surface area contributed by atoms with Crippen LogP contribution in [0.4, 0.5) is 10.1 Å². The Morgan fingerprint density at radius 1 is 1.10 bits per heavy atom. The number of hydrogen-bond acceptors (Lipinski definition) is 4. The number of anilines is 1. The van der Waals surface area contributed by atoms with Crippen molar-refractivity contribution in [2.75, 3.05) is 44.7 Å². The lowest BCUT2D eigenvalue weighted by atomic mass is 10.0. The van der Waals surface area contributed by atoms with Crippen molar-refractivity contribution in [1.82, 2.24) is 9.88 Å². The second kappa shape index (κ2) is 9.30. The molecular formula is C24H28FN3O2. The van der Waals surface area contributed by atoms with Gasteiger partial charge in [-0.15, -0.1) is 0 Å². The van der Waals surface area contributed by atoms with Crippen molar-refractivity contribution < 1.29 is 13.9 Å². The van der Waals surface area contributed by atoms with Crippen LogP contribution in [-0.2, 0) is 11.2 Å². The molecule has 0 atom stereocenters. The molecule has 0 saturated carbocycles. The molecule has 0 amide bonds. The zero-order chi connectivity index (χ0) is 20.9. The van der Waals surface area contributed by atoms with E-state index in [0.29, 0.717) is 11.3 Å². The van der Waals surface area contributed by atoms with Gasteiger partial charge in [-0.2, -0.15) is 0 Å². The first-order valence-electron chi connectivity index (χ1n) is 10.6. The quantitative estimate of drug-likeness (QED) is 0.468. The van der Waals surface area contributed by atoms with Crippen molar-refractivity contribution >= 4 is 22.6 Å².